The van der Waals surface area contributed by atoms with Gasteiger partial charge in [0.15, 0.2) is 11.5 Å². The normalized spacial score (nSPS) is 10.9. The first-order chi connectivity index (χ1) is 14.6. The third-order valence-electron chi connectivity index (χ3n) is 4.41. The van der Waals surface area contributed by atoms with Gasteiger partial charge in [-0.25, -0.2) is 9.78 Å². The molecular weight excluding hydrogens is 382 g/mol. The maximum atomic E-state index is 11.6. The number of oxazole rings is 1. The van der Waals surface area contributed by atoms with E-state index in [2.05, 4.69) is 4.98 Å². The standard InChI is InChI=1S/C24H25NO5/c1-4-28-22(26)14-13-18-11-8-12-21(23(18)27-3)29-16-15-20-17(2)30-24(25-20)19-9-6-5-7-10-19/h5-14H,4,15-16H2,1-3H3. The average Bonchev–Trinajstić information content (AvgIpc) is 3.13. The Hall–Kier alpha value is -3.54. The summed E-state index contributed by atoms with van der Waals surface area (Å²) < 4.78 is 22.1. The Morgan fingerprint density at radius 3 is 2.67 bits per heavy atom. The Kier molecular flexibility index (Phi) is 7.27. The van der Waals surface area contributed by atoms with Gasteiger partial charge in [-0.2, -0.15) is 0 Å². The number of aryl methyl sites for hydroxylation is 1. The molecule has 0 aliphatic rings. The summed E-state index contributed by atoms with van der Waals surface area (Å²) in [4.78, 5) is 16.2. The molecule has 6 heteroatoms. The van der Waals surface area contributed by atoms with Crippen LogP contribution in [0.15, 0.2) is 59.0 Å². The van der Waals surface area contributed by atoms with Gasteiger partial charge in [0.25, 0.3) is 0 Å². The molecule has 0 aliphatic heterocycles. The fourth-order valence-corrected chi connectivity index (χ4v) is 2.97. The van der Waals surface area contributed by atoms with Crippen molar-refractivity contribution in [2.45, 2.75) is 20.3 Å². The number of carbonyl (C=O) groups is 1. The van der Waals surface area contributed by atoms with E-state index in [9.17, 15) is 4.79 Å². The van der Waals surface area contributed by atoms with Crippen molar-refractivity contribution in [2.75, 3.05) is 20.3 Å². The van der Waals surface area contributed by atoms with Crippen LogP contribution in [0.3, 0.4) is 0 Å². The van der Waals surface area contributed by atoms with Crippen LogP contribution in [0.4, 0.5) is 0 Å². The molecule has 2 aromatic carbocycles. The van der Waals surface area contributed by atoms with Gasteiger partial charge in [-0.3, -0.25) is 0 Å². The highest BCUT2D eigenvalue weighted by Gasteiger charge is 2.13. The van der Waals surface area contributed by atoms with Gasteiger partial charge >= 0.3 is 5.97 Å². The predicted octanol–water partition coefficient (Wildman–Crippen LogP) is 4.86. The molecule has 0 bridgehead atoms. The van der Waals surface area contributed by atoms with Crippen LogP contribution in [-0.4, -0.2) is 31.3 Å². The summed E-state index contributed by atoms with van der Waals surface area (Å²) in [6.45, 7) is 4.40. The number of ether oxygens (including phenoxy) is 3. The molecule has 0 fully saturated rings. The van der Waals surface area contributed by atoms with Crippen molar-refractivity contribution in [3.05, 3.63) is 71.6 Å². The largest absolute Gasteiger partial charge is 0.492 e. The van der Waals surface area contributed by atoms with Crippen molar-refractivity contribution in [2.24, 2.45) is 0 Å². The van der Waals surface area contributed by atoms with Crippen molar-refractivity contribution < 1.29 is 23.4 Å². The van der Waals surface area contributed by atoms with Gasteiger partial charge in [0.2, 0.25) is 5.89 Å². The van der Waals surface area contributed by atoms with Gasteiger partial charge in [0.1, 0.15) is 5.76 Å². The zero-order valence-corrected chi connectivity index (χ0v) is 17.4. The highest BCUT2D eigenvalue weighted by atomic mass is 16.5. The number of para-hydroxylation sites is 1. The summed E-state index contributed by atoms with van der Waals surface area (Å²) in [5, 5.41) is 0. The summed E-state index contributed by atoms with van der Waals surface area (Å²) in [7, 11) is 1.57. The van der Waals surface area contributed by atoms with Gasteiger partial charge in [-0.15, -0.1) is 0 Å². The second kappa shape index (κ2) is 10.3. The van der Waals surface area contributed by atoms with Gasteiger partial charge in [-0.1, -0.05) is 30.3 Å². The number of benzene rings is 2. The molecule has 1 aromatic heterocycles. The molecule has 156 valence electrons. The van der Waals surface area contributed by atoms with Crippen LogP contribution in [-0.2, 0) is 16.0 Å². The summed E-state index contributed by atoms with van der Waals surface area (Å²) in [5.74, 6) is 2.12. The van der Waals surface area contributed by atoms with Crippen molar-refractivity contribution in [3.8, 4) is 23.0 Å². The quantitative estimate of drug-likeness (QED) is 0.373. The smallest absolute Gasteiger partial charge is 0.330 e. The Morgan fingerprint density at radius 2 is 1.93 bits per heavy atom. The zero-order chi connectivity index (χ0) is 21.3. The van der Waals surface area contributed by atoms with E-state index in [0.717, 1.165) is 22.6 Å². The summed E-state index contributed by atoms with van der Waals surface area (Å²) >= 11 is 0. The topological polar surface area (TPSA) is 70.8 Å². The Labute approximate surface area is 176 Å². The molecule has 0 unspecified atom stereocenters. The van der Waals surface area contributed by atoms with E-state index in [4.69, 9.17) is 18.6 Å². The van der Waals surface area contributed by atoms with Crippen LogP contribution >= 0.6 is 0 Å². The molecule has 6 nitrogen and oxygen atoms in total. The van der Waals surface area contributed by atoms with Crippen molar-refractivity contribution >= 4 is 12.0 Å². The zero-order valence-electron chi connectivity index (χ0n) is 17.4. The number of carbonyl (C=O) groups excluding carboxylic acids is 1. The first-order valence-electron chi connectivity index (χ1n) is 9.78. The lowest BCUT2D eigenvalue weighted by Crippen LogP contribution is -2.04. The maximum Gasteiger partial charge on any atom is 0.330 e. The lowest BCUT2D eigenvalue weighted by molar-refractivity contribution is -0.137. The highest BCUT2D eigenvalue weighted by molar-refractivity contribution is 5.87. The van der Waals surface area contributed by atoms with E-state index in [0.29, 0.717) is 37.0 Å². The van der Waals surface area contributed by atoms with Crippen molar-refractivity contribution in [1.82, 2.24) is 4.98 Å². The van der Waals surface area contributed by atoms with Gasteiger partial charge in [0.05, 0.1) is 26.0 Å². The molecule has 1 heterocycles. The lowest BCUT2D eigenvalue weighted by atomic mass is 10.1. The van der Waals surface area contributed by atoms with Crippen molar-refractivity contribution in [3.63, 3.8) is 0 Å². The second-order valence-electron chi connectivity index (χ2n) is 6.45. The number of aromatic nitrogens is 1. The van der Waals surface area contributed by atoms with E-state index < -0.39 is 5.97 Å². The van der Waals surface area contributed by atoms with Crippen molar-refractivity contribution in [1.29, 1.82) is 0 Å². The van der Waals surface area contributed by atoms with Crippen LogP contribution in [0.5, 0.6) is 11.5 Å². The molecule has 0 atom stereocenters. The fourth-order valence-electron chi connectivity index (χ4n) is 2.97. The Morgan fingerprint density at radius 1 is 1.13 bits per heavy atom. The average molecular weight is 407 g/mol. The first-order valence-corrected chi connectivity index (χ1v) is 9.78. The molecule has 0 radical (unpaired) electrons. The molecule has 0 aliphatic carbocycles. The fraction of sp³-hybridized carbons (Fsp3) is 0.250. The SMILES string of the molecule is CCOC(=O)C=Cc1cccc(OCCc2nc(-c3ccccc3)oc2C)c1OC. The van der Waals surface area contributed by atoms with E-state index in [1.807, 2.05) is 55.5 Å². The second-order valence-corrected chi connectivity index (χ2v) is 6.45. The molecule has 0 saturated carbocycles. The first kappa shape index (κ1) is 21.2. The molecule has 30 heavy (non-hydrogen) atoms. The van der Waals surface area contributed by atoms with Crippen LogP contribution in [0.1, 0.15) is 23.9 Å². The van der Waals surface area contributed by atoms with E-state index in [-0.39, 0.29) is 0 Å². The Bertz CT molecular complexity index is 1010. The minimum absolute atomic E-state index is 0.330. The minimum atomic E-state index is -0.401. The summed E-state index contributed by atoms with van der Waals surface area (Å²) in [6.07, 6.45) is 3.61. The summed E-state index contributed by atoms with van der Waals surface area (Å²) in [5.41, 5.74) is 2.52. The Balaban J connectivity index is 1.67. The molecule has 0 spiro atoms. The van der Waals surface area contributed by atoms with Crippen LogP contribution in [0.25, 0.3) is 17.5 Å². The monoisotopic (exact) mass is 407 g/mol. The van der Waals surface area contributed by atoms with Crippen LogP contribution in [0, 0.1) is 6.92 Å². The molecule has 0 amide bonds. The minimum Gasteiger partial charge on any atom is -0.492 e. The van der Waals surface area contributed by atoms with E-state index in [1.54, 1.807) is 20.1 Å². The number of hydrogen-bond acceptors (Lipinski definition) is 6. The van der Waals surface area contributed by atoms with Crippen LogP contribution < -0.4 is 9.47 Å². The number of rotatable bonds is 9. The van der Waals surface area contributed by atoms with Crippen LogP contribution in [0.2, 0.25) is 0 Å². The highest BCUT2D eigenvalue weighted by Crippen LogP contribution is 2.32. The maximum absolute atomic E-state index is 11.6. The molecule has 3 rings (SSSR count). The van der Waals surface area contributed by atoms with Gasteiger partial charge in [0, 0.05) is 23.6 Å². The van der Waals surface area contributed by atoms with Gasteiger partial charge < -0.3 is 18.6 Å². The lowest BCUT2D eigenvalue weighted by Gasteiger charge is -2.12. The summed E-state index contributed by atoms with van der Waals surface area (Å²) in [6, 6.07) is 15.3. The third kappa shape index (κ3) is 5.29. The third-order valence-corrected chi connectivity index (χ3v) is 4.41. The van der Waals surface area contributed by atoms with E-state index >= 15 is 0 Å². The van der Waals surface area contributed by atoms with Gasteiger partial charge in [-0.05, 0) is 38.1 Å². The predicted molar refractivity (Wildman–Crippen MR) is 115 cm³/mol. The molecule has 0 N–H and O–H groups in total. The van der Waals surface area contributed by atoms with E-state index in [1.165, 1.54) is 6.08 Å². The number of hydrogen-bond donors (Lipinski definition) is 0. The molecule has 3 aromatic rings. The molecular formula is C24H25NO5. The number of esters is 1. The molecule has 0 saturated heterocycles. The number of methoxy groups -OCH3 is 1. The number of nitrogens with zero attached hydrogens (tertiary/aromatic N) is 1.